The first-order valence-electron chi connectivity index (χ1n) is 7.85. The lowest BCUT2D eigenvalue weighted by molar-refractivity contribution is 0.0946. The first-order valence-corrected chi connectivity index (χ1v) is 7.85. The second-order valence-electron chi connectivity index (χ2n) is 5.93. The number of amides is 1. The minimum absolute atomic E-state index is 0.0441. The van der Waals surface area contributed by atoms with Gasteiger partial charge in [0, 0.05) is 35.8 Å². The molecule has 4 nitrogen and oxygen atoms in total. The van der Waals surface area contributed by atoms with E-state index in [0.717, 1.165) is 23.2 Å². The second kappa shape index (κ2) is 5.60. The van der Waals surface area contributed by atoms with Gasteiger partial charge in [0.1, 0.15) is 11.6 Å². The number of halogens is 1. The number of hydrogen-bond acceptors (Lipinski definition) is 2. The maximum absolute atomic E-state index is 13.5. The van der Waals surface area contributed by atoms with Crippen molar-refractivity contribution < 1.29 is 9.18 Å². The molecule has 3 aromatic rings. The van der Waals surface area contributed by atoms with Crippen LogP contribution in [0.2, 0.25) is 0 Å². The van der Waals surface area contributed by atoms with Gasteiger partial charge >= 0.3 is 0 Å². The summed E-state index contributed by atoms with van der Waals surface area (Å²) in [6.45, 7) is 2.41. The second-order valence-corrected chi connectivity index (χ2v) is 5.93. The van der Waals surface area contributed by atoms with Gasteiger partial charge in [0.25, 0.3) is 5.91 Å². The third kappa shape index (κ3) is 2.38. The van der Waals surface area contributed by atoms with Crippen LogP contribution in [0, 0.1) is 12.7 Å². The number of carbonyl (C=O) groups excluding carboxylic acids is 1. The van der Waals surface area contributed by atoms with Crippen molar-refractivity contribution in [2.75, 3.05) is 6.54 Å². The molecule has 24 heavy (non-hydrogen) atoms. The lowest BCUT2D eigenvalue weighted by atomic mass is 9.99. The van der Waals surface area contributed by atoms with E-state index in [9.17, 15) is 9.18 Å². The molecule has 0 aliphatic carbocycles. The number of aryl methyl sites for hydroxylation is 1. The summed E-state index contributed by atoms with van der Waals surface area (Å²) in [5.41, 5.74) is 4.03. The summed E-state index contributed by atoms with van der Waals surface area (Å²) in [6, 6.07) is 10.8. The van der Waals surface area contributed by atoms with Gasteiger partial charge in [-0.25, -0.2) is 9.37 Å². The Hall–Kier alpha value is -2.95. The molecule has 120 valence electrons. The van der Waals surface area contributed by atoms with Crippen molar-refractivity contribution in [3.8, 4) is 17.1 Å². The first kappa shape index (κ1) is 14.6. The number of benzene rings is 2. The summed E-state index contributed by atoms with van der Waals surface area (Å²) >= 11 is 0. The van der Waals surface area contributed by atoms with Crippen LogP contribution in [0.3, 0.4) is 0 Å². The van der Waals surface area contributed by atoms with E-state index in [4.69, 9.17) is 0 Å². The number of fused-ring (bicyclic) bond motifs is 1. The van der Waals surface area contributed by atoms with Crippen LogP contribution in [0.1, 0.15) is 21.5 Å². The van der Waals surface area contributed by atoms with Crippen LogP contribution in [-0.2, 0) is 6.42 Å². The lowest BCUT2D eigenvalue weighted by Gasteiger charge is -2.18. The molecule has 0 saturated heterocycles. The van der Waals surface area contributed by atoms with Crippen molar-refractivity contribution in [2.45, 2.75) is 13.3 Å². The van der Waals surface area contributed by atoms with Crippen molar-refractivity contribution in [1.29, 1.82) is 0 Å². The van der Waals surface area contributed by atoms with Gasteiger partial charge < -0.3 is 5.32 Å². The molecule has 1 N–H and O–H groups in total. The SMILES string of the molecule is Cc1cc(-c2nccn2-c2ccc3c(c2)C(=O)NCC3)ccc1F. The average molecular weight is 321 g/mol. The highest BCUT2D eigenvalue weighted by molar-refractivity contribution is 5.97. The Morgan fingerprint density at radius 1 is 1.21 bits per heavy atom. The summed E-state index contributed by atoms with van der Waals surface area (Å²) in [5, 5.41) is 2.87. The third-order valence-corrected chi connectivity index (χ3v) is 4.35. The quantitative estimate of drug-likeness (QED) is 0.787. The topological polar surface area (TPSA) is 46.9 Å². The van der Waals surface area contributed by atoms with Crippen LogP contribution in [0.4, 0.5) is 4.39 Å². The van der Waals surface area contributed by atoms with E-state index in [-0.39, 0.29) is 11.7 Å². The fourth-order valence-electron chi connectivity index (χ4n) is 3.06. The van der Waals surface area contributed by atoms with Crippen molar-refractivity contribution >= 4 is 5.91 Å². The van der Waals surface area contributed by atoms with E-state index in [1.165, 1.54) is 6.07 Å². The number of imidazole rings is 1. The molecule has 0 radical (unpaired) electrons. The van der Waals surface area contributed by atoms with Crippen molar-refractivity contribution in [3.05, 3.63) is 71.3 Å². The predicted octanol–water partition coefficient (Wildman–Crippen LogP) is 3.27. The summed E-state index contributed by atoms with van der Waals surface area (Å²) < 4.78 is 15.4. The van der Waals surface area contributed by atoms with Gasteiger partial charge in [-0.3, -0.25) is 9.36 Å². The van der Waals surface area contributed by atoms with Crippen LogP contribution in [-0.4, -0.2) is 22.0 Å². The van der Waals surface area contributed by atoms with Gasteiger partial charge in [0.2, 0.25) is 0 Å². The monoisotopic (exact) mass is 321 g/mol. The highest BCUT2D eigenvalue weighted by Gasteiger charge is 2.18. The van der Waals surface area contributed by atoms with Gasteiger partial charge in [0.15, 0.2) is 0 Å². The molecule has 0 bridgehead atoms. The molecular formula is C19H16FN3O. The standard InChI is InChI=1S/C19H16FN3O/c1-12-10-14(3-5-17(12)20)18-21-8-9-23(18)15-4-2-13-6-7-22-19(24)16(13)11-15/h2-5,8-11H,6-7H2,1H3,(H,22,24). The molecule has 0 unspecified atom stereocenters. The molecule has 1 amide bonds. The first-order chi connectivity index (χ1) is 11.6. The Balaban J connectivity index is 1.81. The smallest absolute Gasteiger partial charge is 0.251 e. The number of aromatic nitrogens is 2. The zero-order valence-electron chi connectivity index (χ0n) is 13.2. The predicted molar refractivity (Wildman–Crippen MR) is 89.7 cm³/mol. The molecule has 0 atom stereocenters. The summed E-state index contributed by atoms with van der Waals surface area (Å²) in [6.07, 6.45) is 4.39. The average Bonchev–Trinajstić information content (AvgIpc) is 3.07. The molecule has 0 saturated carbocycles. The number of nitrogens with one attached hydrogen (secondary N) is 1. The molecule has 4 rings (SSSR count). The van der Waals surface area contributed by atoms with Gasteiger partial charge in [-0.2, -0.15) is 0 Å². The summed E-state index contributed by atoms with van der Waals surface area (Å²) in [5.74, 6) is 0.439. The van der Waals surface area contributed by atoms with Gasteiger partial charge in [-0.05, 0) is 54.8 Å². The minimum atomic E-state index is -0.234. The van der Waals surface area contributed by atoms with Gasteiger partial charge in [-0.15, -0.1) is 0 Å². The van der Waals surface area contributed by atoms with Crippen LogP contribution < -0.4 is 5.32 Å². The Kier molecular flexibility index (Phi) is 3.41. The fraction of sp³-hybridized carbons (Fsp3) is 0.158. The van der Waals surface area contributed by atoms with Crippen molar-refractivity contribution in [2.24, 2.45) is 0 Å². The van der Waals surface area contributed by atoms with Crippen LogP contribution >= 0.6 is 0 Å². The molecule has 0 spiro atoms. The normalized spacial score (nSPS) is 13.5. The molecular weight excluding hydrogens is 305 g/mol. The van der Waals surface area contributed by atoms with Crippen LogP contribution in [0.5, 0.6) is 0 Å². The van der Waals surface area contributed by atoms with Gasteiger partial charge in [-0.1, -0.05) is 6.07 Å². The van der Waals surface area contributed by atoms with E-state index in [2.05, 4.69) is 10.3 Å². The zero-order chi connectivity index (χ0) is 16.7. The molecule has 2 heterocycles. The largest absolute Gasteiger partial charge is 0.352 e. The van der Waals surface area contributed by atoms with Gasteiger partial charge in [0.05, 0.1) is 0 Å². The fourth-order valence-corrected chi connectivity index (χ4v) is 3.06. The lowest BCUT2D eigenvalue weighted by Crippen LogP contribution is -2.31. The zero-order valence-corrected chi connectivity index (χ0v) is 13.2. The Bertz CT molecular complexity index is 946. The third-order valence-electron chi connectivity index (χ3n) is 4.35. The molecule has 5 heteroatoms. The van der Waals surface area contributed by atoms with E-state index in [1.807, 2.05) is 29.0 Å². The molecule has 1 aliphatic heterocycles. The van der Waals surface area contributed by atoms with Crippen LogP contribution in [0.15, 0.2) is 48.8 Å². The maximum atomic E-state index is 13.5. The van der Waals surface area contributed by atoms with E-state index < -0.39 is 0 Å². The molecule has 1 aromatic heterocycles. The highest BCUT2D eigenvalue weighted by atomic mass is 19.1. The Morgan fingerprint density at radius 3 is 2.92 bits per heavy atom. The number of nitrogens with zero attached hydrogens (tertiary/aromatic N) is 2. The number of rotatable bonds is 2. The van der Waals surface area contributed by atoms with Crippen molar-refractivity contribution in [1.82, 2.24) is 14.9 Å². The Labute approximate surface area is 139 Å². The maximum Gasteiger partial charge on any atom is 0.251 e. The molecule has 1 aliphatic rings. The van der Waals surface area contributed by atoms with Crippen LogP contribution in [0.25, 0.3) is 17.1 Å². The summed E-state index contributed by atoms with van der Waals surface area (Å²) in [4.78, 5) is 16.5. The molecule has 0 fully saturated rings. The van der Waals surface area contributed by atoms with Crippen molar-refractivity contribution in [3.63, 3.8) is 0 Å². The summed E-state index contributed by atoms with van der Waals surface area (Å²) in [7, 11) is 0. The minimum Gasteiger partial charge on any atom is -0.352 e. The number of carbonyl (C=O) groups is 1. The molecule has 2 aromatic carbocycles. The van der Waals surface area contributed by atoms with E-state index in [1.54, 1.807) is 25.3 Å². The Morgan fingerprint density at radius 2 is 2.08 bits per heavy atom. The van der Waals surface area contributed by atoms with E-state index >= 15 is 0 Å². The highest BCUT2D eigenvalue weighted by Crippen LogP contribution is 2.25. The number of hydrogen-bond donors (Lipinski definition) is 1. The van der Waals surface area contributed by atoms with E-state index in [0.29, 0.717) is 23.5 Å².